The molecule has 0 radical (unpaired) electrons. The van der Waals surface area contributed by atoms with Gasteiger partial charge in [-0.2, -0.15) is 0 Å². The van der Waals surface area contributed by atoms with Crippen LogP contribution in [-0.4, -0.2) is 43.2 Å². The van der Waals surface area contributed by atoms with Crippen molar-refractivity contribution in [2.75, 3.05) is 18.0 Å². The second-order valence-corrected chi connectivity index (χ2v) is 11.7. The monoisotopic (exact) mass is 506 g/mol. The maximum atomic E-state index is 15.1. The van der Waals surface area contributed by atoms with E-state index in [1.165, 1.54) is 11.6 Å². The van der Waals surface area contributed by atoms with Crippen molar-refractivity contribution in [1.29, 1.82) is 0 Å². The van der Waals surface area contributed by atoms with E-state index in [2.05, 4.69) is 63.0 Å². The van der Waals surface area contributed by atoms with Crippen molar-refractivity contribution >= 4 is 30.1 Å². The van der Waals surface area contributed by atoms with Gasteiger partial charge in [-0.25, -0.2) is 4.39 Å². The Bertz CT molecular complexity index is 1210. The van der Waals surface area contributed by atoms with Gasteiger partial charge in [0.25, 0.3) is 0 Å². The number of halogens is 1. The third-order valence-corrected chi connectivity index (χ3v) is 8.72. The Morgan fingerprint density at radius 2 is 1.59 bits per heavy atom. The fourth-order valence-corrected chi connectivity index (χ4v) is 5.65. The molecule has 1 unspecified atom stereocenters. The Balaban J connectivity index is 1.23. The summed E-state index contributed by atoms with van der Waals surface area (Å²) in [6, 6.07) is 11.6. The standard InChI is InChI=1S/C29H36BFN2O4/c1-18-16-20(6-9-23(18)30-36-28(2,3)29(4,5)37-30)19-12-14-33(15-13-19)25-10-7-21(17-24(25)31)22-8-11-26(34)32-27(22)35/h6-7,9-10,16-17,19,22H,8,11-15H2,1-5H3,(H,32,34,35). The van der Waals surface area contributed by atoms with E-state index >= 15 is 4.39 Å². The molecular formula is C29H36BFN2O4. The molecule has 1 N–H and O–H groups in total. The zero-order valence-corrected chi connectivity index (χ0v) is 22.4. The molecule has 8 heteroatoms. The Morgan fingerprint density at radius 1 is 0.946 bits per heavy atom. The van der Waals surface area contributed by atoms with Gasteiger partial charge in [0.1, 0.15) is 5.82 Å². The molecule has 2 amide bonds. The first-order valence-electron chi connectivity index (χ1n) is 13.3. The SMILES string of the molecule is Cc1cc(C2CCN(c3ccc(C4CCC(=O)NC4=O)cc3F)CC2)ccc1B1OC(C)(C)C(C)(C)O1. The van der Waals surface area contributed by atoms with Crippen molar-refractivity contribution in [2.24, 2.45) is 0 Å². The van der Waals surface area contributed by atoms with E-state index in [1.807, 2.05) is 6.07 Å². The van der Waals surface area contributed by atoms with Crippen LogP contribution in [0.15, 0.2) is 36.4 Å². The van der Waals surface area contributed by atoms with Crippen molar-refractivity contribution in [3.05, 3.63) is 58.9 Å². The molecule has 3 aliphatic rings. The van der Waals surface area contributed by atoms with E-state index in [9.17, 15) is 9.59 Å². The van der Waals surface area contributed by atoms with Crippen molar-refractivity contribution in [3.63, 3.8) is 0 Å². The van der Waals surface area contributed by atoms with Crippen molar-refractivity contribution in [2.45, 2.75) is 83.3 Å². The minimum Gasteiger partial charge on any atom is -0.399 e. The maximum absolute atomic E-state index is 15.1. The molecule has 196 valence electrons. The predicted octanol–water partition coefficient (Wildman–Crippen LogP) is 4.34. The quantitative estimate of drug-likeness (QED) is 0.494. The minimum atomic E-state index is -0.477. The van der Waals surface area contributed by atoms with E-state index in [4.69, 9.17) is 9.31 Å². The fourth-order valence-electron chi connectivity index (χ4n) is 5.65. The smallest absolute Gasteiger partial charge is 0.399 e. The van der Waals surface area contributed by atoms with E-state index in [1.54, 1.807) is 6.07 Å². The molecule has 3 fully saturated rings. The van der Waals surface area contributed by atoms with Crippen LogP contribution in [-0.2, 0) is 18.9 Å². The second kappa shape index (κ2) is 9.55. The van der Waals surface area contributed by atoms with Gasteiger partial charge in [0.05, 0.1) is 22.8 Å². The molecule has 5 rings (SSSR count). The normalized spacial score (nSPS) is 23.9. The van der Waals surface area contributed by atoms with Gasteiger partial charge in [-0.05, 0) is 88.5 Å². The van der Waals surface area contributed by atoms with Crippen LogP contribution in [0.1, 0.15) is 81.9 Å². The number of nitrogens with zero attached hydrogens (tertiary/aromatic N) is 1. The van der Waals surface area contributed by atoms with Gasteiger partial charge in [0.2, 0.25) is 11.8 Å². The number of imide groups is 1. The summed E-state index contributed by atoms with van der Waals surface area (Å²) in [5, 5.41) is 2.35. The summed E-state index contributed by atoms with van der Waals surface area (Å²) in [4.78, 5) is 25.7. The highest BCUT2D eigenvalue weighted by Gasteiger charge is 2.52. The minimum absolute atomic E-state index is 0.265. The molecule has 0 bridgehead atoms. The molecule has 0 aromatic heterocycles. The Morgan fingerprint density at radius 3 is 2.19 bits per heavy atom. The number of benzene rings is 2. The first-order valence-corrected chi connectivity index (χ1v) is 13.3. The molecule has 0 spiro atoms. The van der Waals surface area contributed by atoms with Crippen molar-refractivity contribution in [1.82, 2.24) is 5.32 Å². The lowest BCUT2D eigenvalue weighted by atomic mass is 9.74. The third-order valence-electron chi connectivity index (χ3n) is 8.72. The maximum Gasteiger partial charge on any atom is 0.495 e. The highest BCUT2D eigenvalue weighted by atomic mass is 19.1. The average Bonchev–Trinajstić information content (AvgIpc) is 3.05. The number of carbonyl (C=O) groups excluding carboxylic acids is 2. The van der Waals surface area contributed by atoms with Crippen LogP contribution >= 0.6 is 0 Å². The van der Waals surface area contributed by atoms with Gasteiger partial charge in [-0.3, -0.25) is 14.9 Å². The van der Waals surface area contributed by atoms with Crippen LogP contribution in [0.4, 0.5) is 10.1 Å². The third kappa shape index (κ3) is 4.93. The highest BCUT2D eigenvalue weighted by molar-refractivity contribution is 6.62. The van der Waals surface area contributed by atoms with Crippen LogP contribution in [0.2, 0.25) is 0 Å². The highest BCUT2D eigenvalue weighted by Crippen LogP contribution is 2.37. The number of carbonyl (C=O) groups is 2. The zero-order chi connectivity index (χ0) is 26.5. The van der Waals surface area contributed by atoms with E-state index in [0.717, 1.165) is 37.0 Å². The topological polar surface area (TPSA) is 67.9 Å². The average molecular weight is 506 g/mol. The number of rotatable bonds is 4. The van der Waals surface area contributed by atoms with Gasteiger partial charge in [0.15, 0.2) is 0 Å². The van der Waals surface area contributed by atoms with Crippen LogP contribution in [0, 0.1) is 12.7 Å². The lowest BCUT2D eigenvalue weighted by Crippen LogP contribution is -2.41. The number of anilines is 1. The summed E-state index contributed by atoms with van der Waals surface area (Å²) in [6.45, 7) is 11.9. The van der Waals surface area contributed by atoms with Gasteiger partial charge in [0, 0.05) is 19.5 Å². The van der Waals surface area contributed by atoms with Gasteiger partial charge in [-0.15, -0.1) is 0 Å². The van der Waals surface area contributed by atoms with Crippen molar-refractivity contribution in [3.8, 4) is 0 Å². The lowest BCUT2D eigenvalue weighted by molar-refractivity contribution is -0.134. The van der Waals surface area contributed by atoms with E-state index in [-0.39, 0.29) is 42.4 Å². The second-order valence-electron chi connectivity index (χ2n) is 11.7. The molecule has 2 aromatic carbocycles. The largest absolute Gasteiger partial charge is 0.495 e. The van der Waals surface area contributed by atoms with E-state index in [0.29, 0.717) is 23.6 Å². The summed E-state index contributed by atoms with van der Waals surface area (Å²) in [5.74, 6) is -0.991. The molecule has 37 heavy (non-hydrogen) atoms. The molecule has 0 aliphatic carbocycles. The van der Waals surface area contributed by atoms with E-state index < -0.39 is 5.92 Å². The zero-order valence-electron chi connectivity index (χ0n) is 22.4. The number of aryl methyl sites for hydroxylation is 1. The molecule has 3 heterocycles. The summed E-state index contributed by atoms with van der Waals surface area (Å²) in [6.07, 6.45) is 2.57. The first-order chi connectivity index (χ1) is 17.4. The number of nitrogens with one attached hydrogen (secondary N) is 1. The Hall–Kier alpha value is -2.71. The molecule has 2 aromatic rings. The molecule has 6 nitrogen and oxygen atoms in total. The summed E-state index contributed by atoms with van der Waals surface area (Å²) in [5.41, 5.74) is 3.98. The fraction of sp³-hybridized carbons (Fsp3) is 0.517. The number of amides is 2. The summed E-state index contributed by atoms with van der Waals surface area (Å²) < 4.78 is 27.6. The van der Waals surface area contributed by atoms with Crippen LogP contribution in [0.25, 0.3) is 0 Å². The number of hydrogen-bond acceptors (Lipinski definition) is 5. The Labute approximate surface area is 219 Å². The lowest BCUT2D eigenvalue weighted by Gasteiger charge is -2.34. The number of hydrogen-bond donors (Lipinski definition) is 1. The van der Waals surface area contributed by atoms with Crippen molar-refractivity contribution < 1.29 is 23.3 Å². The Kier molecular flexibility index (Phi) is 6.69. The van der Waals surface area contributed by atoms with Crippen LogP contribution in [0.3, 0.4) is 0 Å². The molecular weight excluding hydrogens is 470 g/mol. The van der Waals surface area contributed by atoms with Gasteiger partial charge >= 0.3 is 7.12 Å². The van der Waals surface area contributed by atoms with Crippen LogP contribution < -0.4 is 15.7 Å². The first kappa shape index (κ1) is 25.9. The molecule has 1 atom stereocenters. The number of piperidine rings is 2. The van der Waals surface area contributed by atoms with Gasteiger partial charge < -0.3 is 14.2 Å². The summed E-state index contributed by atoms with van der Waals surface area (Å²) >= 11 is 0. The summed E-state index contributed by atoms with van der Waals surface area (Å²) in [7, 11) is -0.369. The van der Waals surface area contributed by atoms with Crippen LogP contribution in [0.5, 0.6) is 0 Å². The molecule has 3 saturated heterocycles. The molecule has 0 saturated carbocycles. The molecule has 3 aliphatic heterocycles. The predicted molar refractivity (Wildman–Crippen MR) is 143 cm³/mol. The van der Waals surface area contributed by atoms with Gasteiger partial charge in [-0.1, -0.05) is 29.8 Å².